The molecule has 0 unspecified atom stereocenters. The number of carbonyl (C=O) groups excluding carboxylic acids is 1. The minimum absolute atomic E-state index is 0.136. The summed E-state index contributed by atoms with van der Waals surface area (Å²) in [6, 6.07) is 17.8. The number of aromatic nitrogens is 3. The molecular weight excluding hydrogens is 600 g/mol. The van der Waals surface area contributed by atoms with Crippen LogP contribution in [0.15, 0.2) is 72.9 Å². The Balaban J connectivity index is 1.56. The first-order valence-electron chi connectivity index (χ1n) is 13.1. The molecule has 0 saturated heterocycles. The Morgan fingerprint density at radius 2 is 1.74 bits per heavy atom. The number of benzene rings is 3. The van der Waals surface area contributed by atoms with E-state index < -0.39 is 38.9 Å². The van der Waals surface area contributed by atoms with Crippen molar-refractivity contribution in [2.45, 2.75) is 19.9 Å². The van der Waals surface area contributed by atoms with E-state index >= 15 is 4.39 Å². The lowest BCUT2D eigenvalue weighted by molar-refractivity contribution is 0.102. The van der Waals surface area contributed by atoms with Crippen LogP contribution in [0.5, 0.6) is 5.75 Å². The number of nitrogens with zero attached hydrogens (tertiary/aromatic N) is 3. The lowest BCUT2D eigenvalue weighted by Crippen LogP contribution is -2.19. The highest BCUT2D eigenvalue weighted by atomic mass is 35.5. The predicted molar refractivity (Wildman–Crippen MR) is 162 cm³/mol. The van der Waals surface area contributed by atoms with Crippen molar-refractivity contribution < 1.29 is 26.7 Å². The molecule has 0 spiro atoms. The number of rotatable bonds is 10. The average Bonchev–Trinajstić information content (AvgIpc) is 3.35. The number of ether oxygens (including phenoxy) is 1. The Morgan fingerprint density at radius 3 is 2.42 bits per heavy atom. The van der Waals surface area contributed by atoms with E-state index in [1.807, 2.05) is 12.1 Å². The molecule has 5 aromatic rings. The summed E-state index contributed by atoms with van der Waals surface area (Å²) >= 11 is 6.04. The number of hydrogen-bond donors (Lipinski definition) is 2. The number of halogens is 3. The van der Waals surface area contributed by atoms with Gasteiger partial charge < -0.3 is 10.1 Å². The molecule has 5 rings (SSSR count). The molecule has 0 atom stereocenters. The highest BCUT2D eigenvalue weighted by Crippen LogP contribution is 2.30. The van der Waals surface area contributed by atoms with E-state index in [9.17, 15) is 17.6 Å². The van der Waals surface area contributed by atoms with Crippen molar-refractivity contribution in [2.24, 2.45) is 0 Å². The molecule has 43 heavy (non-hydrogen) atoms. The van der Waals surface area contributed by atoms with Gasteiger partial charge in [0.1, 0.15) is 17.3 Å². The van der Waals surface area contributed by atoms with Gasteiger partial charge in [-0.2, -0.15) is 5.10 Å². The molecule has 0 bridgehead atoms. The van der Waals surface area contributed by atoms with Crippen molar-refractivity contribution in [1.82, 2.24) is 14.8 Å². The highest BCUT2D eigenvalue weighted by molar-refractivity contribution is 7.92. The Kier molecular flexibility index (Phi) is 8.60. The molecule has 13 heteroatoms. The minimum Gasteiger partial charge on any atom is -0.497 e. The van der Waals surface area contributed by atoms with E-state index in [2.05, 4.69) is 20.1 Å². The normalized spacial score (nSPS) is 11.5. The third-order valence-electron chi connectivity index (χ3n) is 6.54. The lowest BCUT2D eigenvalue weighted by atomic mass is 10.1. The van der Waals surface area contributed by atoms with Crippen molar-refractivity contribution in [3.63, 3.8) is 0 Å². The number of amides is 1. The monoisotopic (exact) mass is 625 g/mol. The average molecular weight is 626 g/mol. The van der Waals surface area contributed by atoms with Gasteiger partial charge in [0.2, 0.25) is 10.0 Å². The van der Waals surface area contributed by atoms with Crippen LogP contribution in [0, 0.1) is 11.6 Å². The fourth-order valence-electron chi connectivity index (χ4n) is 4.45. The van der Waals surface area contributed by atoms with Crippen molar-refractivity contribution in [1.29, 1.82) is 0 Å². The lowest BCUT2D eigenvalue weighted by Gasteiger charge is -2.12. The number of sulfonamides is 1. The van der Waals surface area contributed by atoms with Crippen LogP contribution in [0.25, 0.3) is 22.2 Å². The van der Waals surface area contributed by atoms with E-state index in [4.69, 9.17) is 16.3 Å². The molecule has 0 aliphatic rings. The van der Waals surface area contributed by atoms with Crippen LogP contribution in [0.4, 0.5) is 20.2 Å². The summed E-state index contributed by atoms with van der Waals surface area (Å²) in [7, 11) is -2.32. The molecule has 1 amide bonds. The summed E-state index contributed by atoms with van der Waals surface area (Å²) in [5.41, 5.74) is 1.19. The third-order valence-corrected chi connectivity index (χ3v) is 8.27. The van der Waals surface area contributed by atoms with Crippen molar-refractivity contribution in [3.8, 4) is 16.9 Å². The van der Waals surface area contributed by atoms with Gasteiger partial charge in [0.25, 0.3) is 5.91 Å². The summed E-state index contributed by atoms with van der Waals surface area (Å²) < 4.78 is 63.3. The Morgan fingerprint density at radius 1 is 1.02 bits per heavy atom. The SMILES string of the molecule is CCCS(=O)(=O)Nc1ccc(F)c(NC(=O)c2nn(Cc3ccc(OC)cc3)c3ncc(-c4ccc(Cl)cc4)cc23)c1F. The molecule has 3 aromatic carbocycles. The minimum atomic E-state index is -3.88. The van der Waals surface area contributed by atoms with Crippen LogP contribution in [0.2, 0.25) is 5.02 Å². The summed E-state index contributed by atoms with van der Waals surface area (Å²) in [5.74, 6) is -2.87. The molecule has 2 heterocycles. The fourth-order valence-corrected chi connectivity index (χ4v) is 5.71. The molecule has 9 nitrogen and oxygen atoms in total. The van der Waals surface area contributed by atoms with Gasteiger partial charge in [0, 0.05) is 16.8 Å². The van der Waals surface area contributed by atoms with Crippen molar-refractivity contribution in [2.75, 3.05) is 22.9 Å². The first kappa shape index (κ1) is 29.9. The highest BCUT2D eigenvalue weighted by Gasteiger charge is 2.24. The Bertz CT molecular complexity index is 1910. The van der Waals surface area contributed by atoms with Crippen molar-refractivity contribution >= 4 is 49.9 Å². The zero-order valence-electron chi connectivity index (χ0n) is 23.1. The Hall–Kier alpha value is -4.55. The third kappa shape index (κ3) is 6.60. The fraction of sp³-hybridized carbons (Fsp3) is 0.167. The molecule has 2 N–H and O–H groups in total. The van der Waals surface area contributed by atoms with Gasteiger partial charge in [-0.15, -0.1) is 0 Å². The number of fused-ring (bicyclic) bond motifs is 1. The molecular formula is C30H26ClF2N5O4S. The van der Waals surface area contributed by atoms with E-state index in [1.54, 1.807) is 62.7 Å². The number of pyridine rings is 1. The summed E-state index contributed by atoms with van der Waals surface area (Å²) in [6.07, 6.45) is 1.92. The number of hydrogen-bond acceptors (Lipinski definition) is 6. The van der Waals surface area contributed by atoms with Crippen LogP contribution in [-0.2, 0) is 16.6 Å². The molecule has 0 radical (unpaired) electrons. The summed E-state index contributed by atoms with van der Waals surface area (Å²) in [5, 5.41) is 7.60. The van der Waals surface area contributed by atoms with Crippen molar-refractivity contribution in [3.05, 3.63) is 101 Å². The number of carbonyl (C=O) groups is 1. The number of anilines is 2. The standard InChI is InChI=1S/C30H26ClF2N5O4S/c1-3-14-43(40,41)37-25-13-12-24(32)28(26(25)33)35-30(39)27-23-15-20(19-6-8-21(31)9-7-19)16-34-29(23)38(36-27)17-18-4-10-22(42-2)11-5-18/h4-13,15-16,37H,3,14,17H2,1-2H3,(H,35,39). The molecule has 222 valence electrons. The number of methoxy groups -OCH3 is 1. The second-order valence-corrected chi connectivity index (χ2v) is 11.9. The van der Waals surface area contributed by atoms with Gasteiger partial charge in [-0.1, -0.05) is 42.8 Å². The van der Waals surface area contributed by atoms with Gasteiger partial charge in [-0.25, -0.2) is 26.9 Å². The van der Waals surface area contributed by atoms with Crippen LogP contribution < -0.4 is 14.8 Å². The maximum atomic E-state index is 15.3. The van der Waals surface area contributed by atoms with E-state index in [1.165, 1.54) is 4.68 Å². The zero-order chi connectivity index (χ0) is 30.7. The smallest absolute Gasteiger partial charge is 0.277 e. The zero-order valence-corrected chi connectivity index (χ0v) is 24.6. The topological polar surface area (TPSA) is 115 Å². The van der Waals surface area contributed by atoms with Gasteiger partial charge in [-0.05, 0) is 60.0 Å². The van der Waals surface area contributed by atoms with Crippen LogP contribution in [0.3, 0.4) is 0 Å². The molecule has 0 aliphatic carbocycles. The second kappa shape index (κ2) is 12.4. The van der Waals surface area contributed by atoms with Crippen LogP contribution in [-0.4, -0.2) is 42.0 Å². The van der Waals surface area contributed by atoms with Crippen LogP contribution >= 0.6 is 11.6 Å². The predicted octanol–water partition coefficient (Wildman–Crippen LogP) is 6.49. The molecule has 2 aromatic heterocycles. The first-order valence-corrected chi connectivity index (χ1v) is 15.2. The maximum absolute atomic E-state index is 15.3. The maximum Gasteiger partial charge on any atom is 0.277 e. The summed E-state index contributed by atoms with van der Waals surface area (Å²) in [4.78, 5) is 18.1. The van der Waals surface area contributed by atoms with E-state index in [0.29, 0.717) is 33.8 Å². The number of nitrogens with one attached hydrogen (secondary N) is 2. The van der Waals surface area contributed by atoms with E-state index in [0.717, 1.165) is 23.3 Å². The quantitative estimate of drug-likeness (QED) is 0.183. The molecule has 0 fully saturated rings. The largest absolute Gasteiger partial charge is 0.497 e. The molecule has 0 saturated carbocycles. The Labute approximate surface area is 251 Å². The van der Waals surface area contributed by atoms with Gasteiger partial charge in [0.05, 0.1) is 30.5 Å². The summed E-state index contributed by atoms with van der Waals surface area (Å²) in [6.45, 7) is 1.88. The van der Waals surface area contributed by atoms with E-state index in [-0.39, 0.29) is 18.0 Å². The second-order valence-electron chi connectivity index (χ2n) is 9.62. The first-order chi connectivity index (χ1) is 20.6. The van der Waals surface area contributed by atoms with Gasteiger partial charge in [-0.3, -0.25) is 9.52 Å². The van der Waals surface area contributed by atoms with Crippen LogP contribution in [0.1, 0.15) is 29.4 Å². The van der Waals surface area contributed by atoms with Gasteiger partial charge in [0.15, 0.2) is 17.2 Å². The molecule has 0 aliphatic heterocycles. The van der Waals surface area contributed by atoms with Gasteiger partial charge >= 0.3 is 0 Å².